The van der Waals surface area contributed by atoms with E-state index < -0.39 is 0 Å². The van der Waals surface area contributed by atoms with E-state index in [2.05, 4.69) is 12.2 Å². The van der Waals surface area contributed by atoms with Crippen molar-refractivity contribution in [1.82, 2.24) is 4.90 Å². The van der Waals surface area contributed by atoms with E-state index in [1.807, 2.05) is 29.2 Å². The number of nitrogens with one attached hydrogen (secondary N) is 1. The third-order valence-corrected chi connectivity index (χ3v) is 3.36. The zero-order valence-corrected chi connectivity index (χ0v) is 10.9. The van der Waals surface area contributed by atoms with Crippen LogP contribution in [0.4, 0.5) is 10.5 Å². The van der Waals surface area contributed by atoms with Crippen LogP contribution in [0.5, 0.6) is 0 Å². The molecule has 0 bridgehead atoms. The lowest BCUT2D eigenvalue weighted by atomic mass is 10.0. The number of urea groups is 1. The minimum atomic E-state index is -0.00396. The van der Waals surface area contributed by atoms with Crippen molar-refractivity contribution in [2.45, 2.75) is 26.3 Å². The average molecular weight is 247 g/mol. The molecule has 1 heterocycles. The maximum atomic E-state index is 12.1. The van der Waals surface area contributed by atoms with Gasteiger partial charge in [0.1, 0.15) is 0 Å². The molecule has 98 valence electrons. The van der Waals surface area contributed by atoms with Crippen molar-refractivity contribution in [3.8, 4) is 0 Å². The zero-order valence-electron chi connectivity index (χ0n) is 10.9. The number of benzene rings is 1. The van der Waals surface area contributed by atoms with Gasteiger partial charge < -0.3 is 16.0 Å². The molecule has 4 nitrogen and oxygen atoms in total. The second-order valence-electron chi connectivity index (χ2n) is 5.03. The molecule has 0 radical (unpaired) electrons. The molecule has 3 N–H and O–H groups in total. The highest BCUT2D eigenvalue weighted by molar-refractivity contribution is 5.89. The van der Waals surface area contributed by atoms with E-state index in [1.165, 1.54) is 6.42 Å². The van der Waals surface area contributed by atoms with Crippen molar-refractivity contribution in [2.24, 2.45) is 11.7 Å². The van der Waals surface area contributed by atoms with E-state index in [0.717, 1.165) is 30.8 Å². The fourth-order valence-corrected chi connectivity index (χ4v) is 2.35. The third kappa shape index (κ3) is 3.23. The Morgan fingerprint density at radius 1 is 1.56 bits per heavy atom. The fourth-order valence-electron chi connectivity index (χ4n) is 2.35. The van der Waals surface area contributed by atoms with Crippen LogP contribution in [-0.2, 0) is 6.54 Å². The topological polar surface area (TPSA) is 58.4 Å². The number of hydrogen-bond acceptors (Lipinski definition) is 2. The molecular weight excluding hydrogens is 226 g/mol. The summed E-state index contributed by atoms with van der Waals surface area (Å²) in [7, 11) is 0. The predicted molar refractivity (Wildman–Crippen MR) is 73.3 cm³/mol. The fraction of sp³-hybridized carbons (Fsp3) is 0.500. The number of hydrogen-bond donors (Lipinski definition) is 2. The molecule has 4 heteroatoms. The van der Waals surface area contributed by atoms with Crippen LogP contribution in [0.25, 0.3) is 0 Å². The van der Waals surface area contributed by atoms with Crippen molar-refractivity contribution < 1.29 is 4.79 Å². The van der Waals surface area contributed by atoms with Crippen LogP contribution in [0.3, 0.4) is 0 Å². The molecule has 2 amide bonds. The van der Waals surface area contributed by atoms with Gasteiger partial charge in [0.25, 0.3) is 0 Å². The molecule has 1 aromatic carbocycles. The molecule has 1 atom stereocenters. The predicted octanol–water partition coefficient (Wildman–Crippen LogP) is 2.41. The van der Waals surface area contributed by atoms with E-state index in [1.54, 1.807) is 0 Å². The Morgan fingerprint density at radius 3 is 3.11 bits per heavy atom. The smallest absolute Gasteiger partial charge is 0.321 e. The highest BCUT2D eigenvalue weighted by Gasteiger charge is 2.20. The Kier molecular flexibility index (Phi) is 4.20. The van der Waals surface area contributed by atoms with Crippen LogP contribution in [-0.4, -0.2) is 24.0 Å². The number of carbonyl (C=O) groups is 1. The quantitative estimate of drug-likeness (QED) is 0.843. The Balaban J connectivity index is 1.97. The van der Waals surface area contributed by atoms with Crippen LogP contribution in [0.15, 0.2) is 24.3 Å². The Bertz CT molecular complexity index is 419. The normalized spacial score (nSPS) is 19.7. The second-order valence-corrected chi connectivity index (χ2v) is 5.03. The Hall–Kier alpha value is -1.55. The summed E-state index contributed by atoms with van der Waals surface area (Å²) in [6, 6.07) is 7.68. The summed E-state index contributed by atoms with van der Waals surface area (Å²) in [4.78, 5) is 14.0. The average Bonchev–Trinajstić information content (AvgIpc) is 2.39. The lowest BCUT2D eigenvalue weighted by molar-refractivity contribution is 0.182. The molecule has 1 aromatic rings. The van der Waals surface area contributed by atoms with Gasteiger partial charge in [-0.05, 0) is 36.5 Å². The number of amides is 2. The lowest BCUT2D eigenvalue weighted by Crippen LogP contribution is -2.41. The van der Waals surface area contributed by atoms with E-state index in [9.17, 15) is 4.79 Å². The summed E-state index contributed by atoms with van der Waals surface area (Å²) >= 11 is 0. The summed E-state index contributed by atoms with van der Waals surface area (Å²) in [6.07, 6.45) is 2.31. The van der Waals surface area contributed by atoms with Crippen molar-refractivity contribution in [2.75, 3.05) is 18.4 Å². The Labute approximate surface area is 108 Å². The SMILES string of the molecule is CC1CCCN(C(=O)Nc2cccc(CN)c2)C1. The molecule has 0 spiro atoms. The van der Waals surface area contributed by atoms with E-state index in [-0.39, 0.29) is 6.03 Å². The first-order valence-corrected chi connectivity index (χ1v) is 6.54. The number of nitrogens with two attached hydrogens (primary N) is 1. The number of piperidine rings is 1. The van der Waals surface area contributed by atoms with Crippen LogP contribution >= 0.6 is 0 Å². The molecular formula is C14H21N3O. The molecule has 1 saturated heterocycles. The number of carbonyl (C=O) groups excluding carboxylic acids is 1. The first kappa shape index (κ1) is 12.9. The van der Waals surface area contributed by atoms with E-state index in [0.29, 0.717) is 12.5 Å². The molecule has 0 aliphatic carbocycles. The first-order chi connectivity index (χ1) is 8.69. The summed E-state index contributed by atoms with van der Waals surface area (Å²) in [5, 5.41) is 2.94. The maximum absolute atomic E-state index is 12.1. The Morgan fingerprint density at radius 2 is 2.39 bits per heavy atom. The van der Waals surface area contributed by atoms with Crippen molar-refractivity contribution in [3.63, 3.8) is 0 Å². The van der Waals surface area contributed by atoms with E-state index >= 15 is 0 Å². The molecule has 1 unspecified atom stereocenters. The minimum absolute atomic E-state index is 0.00396. The summed E-state index contributed by atoms with van der Waals surface area (Å²) in [6.45, 7) is 4.38. The summed E-state index contributed by atoms with van der Waals surface area (Å²) in [5.41, 5.74) is 7.44. The van der Waals surface area contributed by atoms with Crippen molar-refractivity contribution >= 4 is 11.7 Å². The molecule has 1 aliphatic heterocycles. The van der Waals surface area contributed by atoms with Gasteiger partial charge in [0, 0.05) is 25.3 Å². The van der Waals surface area contributed by atoms with Gasteiger partial charge in [-0.15, -0.1) is 0 Å². The van der Waals surface area contributed by atoms with Crippen molar-refractivity contribution in [1.29, 1.82) is 0 Å². The van der Waals surface area contributed by atoms with Crippen LogP contribution in [0.1, 0.15) is 25.3 Å². The van der Waals surface area contributed by atoms with E-state index in [4.69, 9.17) is 5.73 Å². The number of likely N-dealkylation sites (tertiary alicyclic amines) is 1. The molecule has 18 heavy (non-hydrogen) atoms. The maximum Gasteiger partial charge on any atom is 0.321 e. The largest absolute Gasteiger partial charge is 0.326 e. The standard InChI is InChI=1S/C14H21N3O/c1-11-4-3-7-17(10-11)14(18)16-13-6-2-5-12(8-13)9-15/h2,5-6,8,11H,3-4,7,9-10,15H2,1H3,(H,16,18). The third-order valence-electron chi connectivity index (χ3n) is 3.36. The highest BCUT2D eigenvalue weighted by atomic mass is 16.2. The highest BCUT2D eigenvalue weighted by Crippen LogP contribution is 2.17. The summed E-state index contributed by atoms with van der Waals surface area (Å²) < 4.78 is 0. The van der Waals surface area contributed by atoms with Crippen LogP contribution < -0.4 is 11.1 Å². The van der Waals surface area contributed by atoms with Gasteiger partial charge in [-0.1, -0.05) is 19.1 Å². The van der Waals surface area contributed by atoms with Gasteiger partial charge in [0.15, 0.2) is 0 Å². The van der Waals surface area contributed by atoms with Crippen molar-refractivity contribution in [3.05, 3.63) is 29.8 Å². The molecule has 0 saturated carbocycles. The molecule has 1 aliphatic rings. The number of nitrogens with zero attached hydrogens (tertiary/aromatic N) is 1. The number of anilines is 1. The zero-order chi connectivity index (χ0) is 13.0. The first-order valence-electron chi connectivity index (χ1n) is 6.54. The summed E-state index contributed by atoms with van der Waals surface area (Å²) in [5.74, 6) is 0.597. The minimum Gasteiger partial charge on any atom is -0.326 e. The van der Waals surface area contributed by atoms with Gasteiger partial charge in [0.05, 0.1) is 0 Å². The van der Waals surface area contributed by atoms with Gasteiger partial charge in [-0.25, -0.2) is 4.79 Å². The molecule has 1 fully saturated rings. The van der Waals surface area contributed by atoms with Crippen LogP contribution in [0.2, 0.25) is 0 Å². The van der Waals surface area contributed by atoms with Gasteiger partial charge >= 0.3 is 6.03 Å². The van der Waals surface area contributed by atoms with Crippen LogP contribution in [0, 0.1) is 5.92 Å². The van der Waals surface area contributed by atoms with Gasteiger partial charge in [-0.3, -0.25) is 0 Å². The van der Waals surface area contributed by atoms with Gasteiger partial charge in [-0.2, -0.15) is 0 Å². The lowest BCUT2D eigenvalue weighted by Gasteiger charge is -2.30. The molecule has 0 aromatic heterocycles. The number of rotatable bonds is 2. The second kappa shape index (κ2) is 5.87. The molecule has 2 rings (SSSR count). The van der Waals surface area contributed by atoms with Gasteiger partial charge in [0.2, 0.25) is 0 Å². The monoisotopic (exact) mass is 247 g/mol.